The molecule has 19 heteroatoms. The second-order valence-electron chi connectivity index (χ2n) is 26.7. The Labute approximate surface area is 561 Å². The molecular weight excluding hydrogens is 1190 g/mol. The standard InChI is InChI=1S/C74H135NO18/c1-3-5-7-9-11-13-15-17-19-21-23-25-26-27-28-29-30-32-34-36-38-40-42-44-46-48-50-52-62(80)75-57(58(79)51-49-47-45-43-41-39-37-35-33-31-24-22-20-18-16-14-12-10-8-6-4-2)56-88-72-68(86)65(83)70(60(54-77)90-72)93-74-69(87)66(84)71(61(55-78)91-74)92-73-67(85)64(82)63(81)59(53-76)89-73/h15,17,21,23,41,43,49,51,57-61,63-74,76-79,81-87H,3-14,16,18-20,22,24-40,42,44-48,50,52-56H2,1-2H3,(H,75,80)/b17-15-,23-21-,43-41+,51-49+. The van der Waals surface area contributed by atoms with Crippen LogP contribution in [-0.2, 0) is 33.2 Å². The minimum Gasteiger partial charge on any atom is -0.394 e. The molecule has 3 aliphatic rings. The number of hydrogen-bond donors (Lipinski definition) is 12. The zero-order chi connectivity index (χ0) is 67.5. The van der Waals surface area contributed by atoms with Gasteiger partial charge in [0.25, 0.3) is 0 Å². The Hall–Kier alpha value is -2.25. The molecule has 17 atom stereocenters. The first-order chi connectivity index (χ1) is 45.3. The number of aliphatic hydroxyl groups excluding tert-OH is 11. The Morgan fingerprint density at radius 2 is 0.720 bits per heavy atom. The van der Waals surface area contributed by atoms with Crippen LogP contribution >= 0.6 is 0 Å². The van der Waals surface area contributed by atoms with Gasteiger partial charge in [-0.25, -0.2) is 0 Å². The van der Waals surface area contributed by atoms with E-state index >= 15 is 0 Å². The fraction of sp³-hybridized carbons (Fsp3) is 0.878. The number of allylic oxidation sites excluding steroid dienone is 7. The molecule has 12 N–H and O–H groups in total. The predicted octanol–water partition coefficient (Wildman–Crippen LogP) is 10.9. The number of unbranched alkanes of at least 4 members (excludes halogenated alkanes) is 36. The molecule has 1 amide bonds. The van der Waals surface area contributed by atoms with Gasteiger partial charge in [0.05, 0.1) is 38.6 Å². The van der Waals surface area contributed by atoms with Crippen molar-refractivity contribution < 1.29 is 89.4 Å². The first-order valence-electron chi connectivity index (χ1n) is 37.4. The summed E-state index contributed by atoms with van der Waals surface area (Å²) in [7, 11) is 0. The second kappa shape index (κ2) is 55.6. The van der Waals surface area contributed by atoms with Gasteiger partial charge >= 0.3 is 0 Å². The molecule has 0 aromatic rings. The molecular formula is C74H135NO18. The Kier molecular flexibility index (Phi) is 50.8. The van der Waals surface area contributed by atoms with Crippen molar-refractivity contribution in [3.8, 4) is 0 Å². The van der Waals surface area contributed by atoms with Crippen LogP contribution in [0.15, 0.2) is 48.6 Å². The molecule has 17 unspecified atom stereocenters. The Bertz CT molecular complexity index is 1870. The normalized spacial score (nSPS) is 27.8. The van der Waals surface area contributed by atoms with E-state index in [-0.39, 0.29) is 18.9 Å². The number of rotatable bonds is 58. The number of amides is 1. The third kappa shape index (κ3) is 37.0. The molecule has 0 bridgehead atoms. The fourth-order valence-electron chi connectivity index (χ4n) is 12.5. The lowest BCUT2D eigenvalue weighted by atomic mass is 9.96. The zero-order valence-corrected chi connectivity index (χ0v) is 57.7. The third-order valence-corrected chi connectivity index (χ3v) is 18.6. The van der Waals surface area contributed by atoms with E-state index in [1.165, 1.54) is 205 Å². The van der Waals surface area contributed by atoms with E-state index in [1.54, 1.807) is 6.08 Å². The van der Waals surface area contributed by atoms with Crippen molar-refractivity contribution in [2.24, 2.45) is 0 Å². The summed E-state index contributed by atoms with van der Waals surface area (Å²) in [4.78, 5) is 13.4. The van der Waals surface area contributed by atoms with Crippen LogP contribution in [-0.4, -0.2) is 193 Å². The van der Waals surface area contributed by atoms with Gasteiger partial charge < -0.3 is 89.9 Å². The summed E-state index contributed by atoms with van der Waals surface area (Å²) in [5.74, 6) is -0.283. The molecule has 0 aliphatic carbocycles. The highest BCUT2D eigenvalue weighted by Crippen LogP contribution is 2.33. The van der Waals surface area contributed by atoms with E-state index in [0.717, 1.165) is 44.9 Å². The van der Waals surface area contributed by atoms with Gasteiger partial charge in [0, 0.05) is 6.42 Å². The molecule has 0 saturated carbocycles. The van der Waals surface area contributed by atoms with Gasteiger partial charge in [-0.2, -0.15) is 0 Å². The monoisotopic (exact) mass is 1330 g/mol. The molecule has 3 heterocycles. The number of nitrogens with one attached hydrogen (secondary N) is 1. The van der Waals surface area contributed by atoms with Gasteiger partial charge in [0.1, 0.15) is 73.2 Å². The van der Waals surface area contributed by atoms with Crippen LogP contribution in [0.3, 0.4) is 0 Å². The summed E-state index contributed by atoms with van der Waals surface area (Å²) in [6.07, 6.45) is 40.9. The summed E-state index contributed by atoms with van der Waals surface area (Å²) < 4.78 is 34.4. The van der Waals surface area contributed by atoms with Gasteiger partial charge in [-0.05, 0) is 64.2 Å². The number of hydrogen-bond acceptors (Lipinski definition) is 18. The van der Waals surface area contributed by atoms with Crippen LogP contribution in [0.4, 0.5) is 0 Å². The van der Waals surface area contributed by atoms with Gasteiger partial charge in [-0.3, -0.25) is 4.79 Å². The molecule has 0 aromatic heterocycles. The lowest BCUT2D eigenvalue weighted by Crippen LogP contribution is -2.66. The lowest BCUT2D eigenvalue weighted by Gasteiger charge is -2.48. The summed E-state index contributed by atoms with van der Waals surface area (Å²) in [5, 5.41) is 121. The largest absolute Gasteiger partial charge is 0.394 e. The number of aliphatic hydroxyl groups is 11. The van der Waals surface area contributed by atoms with Gasteiger partial charge in [0.15, 0.2) is 18.9 Å². The SMILES string of the molecule is CCCCCCC/C=C\C/C=C\CCCCCCCCCCCCCCCCCC(=O)NC(COC1OC(CO)C(OC2OC(CO)C(OC3OC(CO)C(O)C(O)C3O)C(O)C2O)C(O)C1O)C(O)/C=C/CC/C=C/CCCCCCCCCCCCCCCCC. The highest BCUT2D eigenvalue weighted by Gasteiger charge is 2.53. The minimum absolute atomic E-state index is 0.236. The fourth-order valence-corrected chi connectivity index (χ4v) is 12.5. The average Bonchev–Trinajstić information content (AvgIpc) is 0.902. The van der Waals surface area contributed by atoms with E-state index < -0.39 is 124 Å². The van der Waals surface area contributed by atoms with Crippen molar-refractivity contribution in [2.45, 2.75) is 388 Å². The van der Waals surface area contributed by atoms with Crippen LogP contribution in [0, 0.1) is 0 Å². The molecule has 0 radical (unpaired) electrons. The Morgan fingerprint density at radius 3 is 1.14 bits per heavy atom. The quantitative estimate of drug-likeness (QED) is 0.0199. The molecule has 3 saturated heterocycles. The highest BCUT2D eigenvalue weighted by molar-refractivity contribution is 5.76. The average molecular weight is 1330 g/mol. The first kappa shape index (κ1) is 85.0. The van der Waals surface area contributed by atoms with E-state index in [9.17, 15) is 61.0 Å². The third-order valence-electron chi connectivity index (χ3n) is 18.6. The van der Waals surface area contributed by atoms with Gasteiger partial charge in [0.2, 0.25) is 5.91 Å². The second-order valence-corrected chi connectivity index (χ2v) is 26.7. The number of carbonyl (C=O) groups excluding carboxylic acids is 1. The molecule has 93 heavy (non-hydrogen) atoms. The Morgan fingerprint density at radius 1 is 0.387 bits per heavy atom. The summed E-state index contributed by atoms with van der Waals surface area (Å²) >= 11 is 0. The first-order valence-corrected chi connectivity index (χ1v) is 37.4. The summed E-state index contributed by atoms with van der Waals surface area (Å²) in [6.45, 7) is 1.73. The number of carbonyl (C=O) groups is 1. The van der Waals surface area contributed by atoms with E-state index in [4.69, 9.17) is 28.4 Å². The Balaban J connectivity index is 1.42. The van der Waals surface area contributed by atoms with Crippen LogP contribution in [0.25, 0.3) is 0 Å². The summed E-state index contributed by atoms with van der Waals surface area (Å²) in [5.41, 5.74) is 0. The topological polar surface area (TPSA) is 307 Å². The molecule has 3 aliphatic heterocycles. The zero-order valence-electron chi connectivity index (χ0n) is 57.7. The van der Waals surface area contributed by atoms with Crippen LogP contribution < -0.4 is 5.32 Å². The van der Waals surface area contributed by atoms with Crippen LogP contribution in [0.5, 0.6) is 0 Å². The van der Waals surface area contributed by atoms with Crippen molar-refractivity contribution in [1.29, 1.82) is 0 Å². The van der Waals surface area contributed by atoms with Gasteiger partial charge in [-0.15, -0.1) is 0 Å². The maximum atomic E-state index is 13.4. The van der Waals surface area contributed by atoms with E-state index in [0.29, 0.717) is 12.8 Å². The molecule has 0 aromatic carbocycles. The van der Waals surface area contributed by atoms with Crippen molar-refractivity contribution >= 4 is 5.91 Å². The molecule has 3 fully saturated rings. The van der Waals surface area contributed by atoms with Crippen molar-refractivity contribution in [1.82, 2.24) is 5.32 Å². The lowest BCUT2D eigenvalue weighted by molar-refractivity contribution is -0.379. The molecule has 3 rings (SSSR count). The molecule has 0 spiro atoms. The van der Waals surface area contributed by atoms with Crippen LogP contribution in [0.2, 0.25) is 0 Å². The van der Waals surface area contributed by atoms with Crippen molar-refractivity contribution in [2.75, 3.05) is 26.4 Å². The maximum Gasteiger partial charge on any atom is 0.220 e. The molecule has 544 valence electrons. The van der Waals surface area contributed by atoms with Crippen LogP contribution in [0.1, 0.15) is 284 Å². The molecule has 19 nitrogen and oxygen atoms in total. The summed E-state index contributed by atoms with van der Waals surface area (Å²) in [6, 6.07) is -0.991. The van der Waals surface area contributed by atoms with E-state index in [2.05, 4.69) is 55.6 Å². The van der Waals surface area contributed by atoms with Crippen molar-refractivity contribution in [3.63, 3.8) is 0 Å². The van der Waals surface area contributed by atoms with Crippen molar-refractivity contribution in [3.05, 3.63) is 48.6 Å². The predicted molar refractivity (Wildman–Crippen MR) is 365 cm³/mol. The smallest absolute Gasteiger partial charge is 0.220 e. The van der Waals surface area contributed by atoms with E-state index in [1.807, 2.05) is 6.08 Å². The maximum absolute atomic E-state index is 13.4. The van der Waals surface area contributed by atoms with Gasteiger partial charge in [-0.1, -0.05) is 262 Å². The minimum atomic E-state index is -1.98. The number of ether oxygens (including phenoxy) is 6. The highest BCUT2D eigenvalue weighted by atomic mass is 16.8.